The SMILES string of the molecule is O=[N+]([O-])c1cc(Cl)c(Oc2ncnc(Cl)c2CCl)c(Cl)c1. The summed E-state index contributed by atoms with van der Waals surface area (Å²) in [6.45, 7) is 0. The van der Waals surface area contributed by atoms with Gasteiger partial charge in [0.05, 0.1) is 26.4 Å². The summed E-state index contributed by atoms with van der Waals surface area (Å²) in [5.74, 6) is 0.102. The first-order valence-electron chi connectivity index (χ1n) is 5.30. The molecule has 0 unspecified atom stereocenters. The van der Waals surface area contributed by atoms with Crippen LogP contribution in [0.25, 0.3) is 0 Å². The minimum absolute atomic E-state index is 0.0111. The molecule has 0 aliphatic carbocycles. The van der Waals surface area contributed by atoms with Gasteiger partial charge in [0.25, 0.3) is 5.69 Å². The van der Waals surface area contributed by atoms with Crippen molar-refractivity contribution in [2.24, 2.45) is 0 Å². The van der Waals surface area contributed by atoms with E-state index < -0.39 is 4.92 Å². The monoisotopic (exact) mass is 367 g/mol. The summed E-state index contributed by atoms with van der Waals surface area (Å²) < 4.78 is 5.47. The summed E-state index contributed by atoms with van der Waals surface area (Å²) >= 11 is 23.5. The standard InChI is InChI=1S/C11H5Cl4N3O3/c12-3-6-10(15)16-4-17-11(6)21-9-7(13)1-5(18(19)20)2-8(9)14/h1-2,4H,3H2. The summed E-state index contributed by atoms with van der Waals surface area (Å²) in [6.07, 6.45) is 1.18. The number of ether oxygens (including phenoxy) is 1. The topological polar surface area (TPSA) is 78.2 Å². The van der Waals surface area contributed by atoms with Gasteiger partial charge in [0.2, 0.25) is 5.88 Å². The van der Waals surface area contributed by atoms with E-state index in [1.54, 1.807) is 0 Å². The Bertz CT molecular complexity index is 688. The molecule has 0 saturated carbocycles. The molecular weight excluding hydrogens is 364 g/mol. The molecule has 0 amide bonds. The van der Waals surface area contributed by atoms with Crippen LogP contribution in [0.15, 0.2) is 18.5 Å². The molecule has 0 aliphatic rings. The number of alkyl halides is 1. The number of hydrogen-bond donors (Lipinski definition) is 0. The molecule has 0 radical (unpaired) electrons. The van der Waals surface area contributed by atoms with Gasteiger partial charge < -0.3 is 4.74 Å². The minimum Gasteiger partial charge on any atom is -0.435 e. The van der Waals surface area contributed by atoms with Crippen molar-refractivity contribution in [2.75, 3.05) is 0 Å². The Balaban J connectivity index is 2.45. The van der Waals surface area contributed by atoms with Crippen LogP contribution in [0.5, 0.6) is 11.6 Å². The van der Waals surface area contributed by atoms with Crippen LogP contribution in [0.3, 0.4) is 0 Å². The van der Waals surface area contributed by atoms with E-state index in [1.165, 1.54) is 6.33 Å². The van der Waals surface area contributed by atoms with E-state index in [4.69, 9.17) is 51.1 Å². The molecule has 10 heteroatoms. The molecule has 0 bridgehead atoms. The zero-order valence-corrected chi connectivity index (χ0v) is 13.0. The number of halogens is 4. The lowest BCUT2D eigenvalue weighted by atomic mass is 10.3. The number of nitro benzene ring substituents is 1. The number of rotatable bonds is 4. The second-order valence-electron chi connectivity index (χ2n) is 3.68. The molecule has 21 heavy (non-hydrogen) atoms. The van der Waals surface area contributed by atoms with Gasteiger partial charge in [-0.05, 0) is 0 Å². The first-order valence-corrected chi connectivity index (χ1v) is 6.97. The molecule has 2 rings (SSSR count). The highest BCUT2D eigenvalue weighted by Gasteiger charge is 2.19. The third-order valence-electron chi connectivity index (χ3n) is 2.38. The Hall–Kier alpha value is -1.34. The Morgan fingerprint density at radius 2 is 1.81 bits per heavy atom. The Labute approximate surface area is 138 Å². The van der Waals surface area contributed by atoms with Crippen LogP contribution in [-0.2, 0) is 5.88 Å². The number of nitro groups is 1. The summed E-state index contributed by atoms with van der Waals surface area (Å²) in [7, 11) is 0. The molecule has 1 heterocycles. The molecule has 110 valence electrons. The van der Waals surface area contributed by atoms with Gasteiger partial charge in [-0.2, -0.15) is 0 Å². The fraction of sp³-hybridized carbons (Fsp3) is 0.0909. The fourth-order valence-corrected chi connectivity index (χ4v) is 2.48. The van der Waals surface area contributed by atoms with Crippen molar-refractivity contribution < 1.29 is 9.66 Å². The van der Waals surface area contributed by atoms with Gasteiger partial charge in [-0.15, -0.1) is 11.6 Å². The maximum atomic E-state index is 10.7. The molecule has 0 spiro atoms. The third kappa shape index (κ3) is 3.47. The zero-order chi connectivity index (χ0) is 15.6. The molecule has 0 fully saturated rings. The van der Waals surface area contributed by atoms with Crippen molar-refractivity contribution in [1.29, 1.82) is 0 Å². The quantitative estimate of drug-likeness (QED) is 0.332. The molecule has 2 aromatic rings. The number of non-ortho nitro benzene ring substituents is 1. The molecule has 0 saturated heterocycles. The Kier molecular flexibility index (Phi) is 5.05. The molecule has 1 aromatic carbocycles. The van der Waals surface area contributed by atoms with Crippen LogP contribution in [0, 0.1) is 10.1 Å². The predicted octanol–water partition coefficient (Wildman–Crippen LogP) is 4.88. The normalized spacial score (nSPS) is 10.5. The molecule has 0 atom stereocenters. The second-order valence-corrected chi connectivity index (χ2v) is 5.12. The zero-order valence-electron chi connectivity index (χ0n) is 10.0. The highest BCUT2D eigenvalue weighted by atomic mass is 35.5. The number of nitrogens with zero attached hydrogens (tertiary/aromatic N) is 3. The van der Waals surface area contributed by atoms with Crippen molar-refractivity contribution in [1.82, 2.24) is 9.97 Å². The van der Waals surface area contributed by atoms with Gasteiger partial charge in [-0.25, -0.2) is 9.97 Å². The van der Waals surface area contributed by atoms with Gasteiger partial charge in [0.1, 0.15) is 11.5 Å². The van der Waals surface area contributed by atoms with Crippen molar-refractivity contribution in [2.45, 2.75) is 5.88 Å². The Morgan fingerprint density at radius 1 is 1.19 bits per heavy atom. The number of aromatic nitrogens is 2. The first kappa shape index (κ1) is 16.0. The molecular formula is C11H5Cl4N3O3. The van der Waals surface area contributed by atoms with Crippen LogP contribution in [-0.4, -0.2) is 14.9 Å². The van der Waals surface area contributed by atoms with Crippen LogP contribution in [0.2, 0.25) is 15.2 Å². The van der Waals surface area contributed by atoms with E-state index in [0.29, 0.717) is 5.56 Å². The number of benzene rings is 1. The third-order valence-corrected chi connectivity index (χ3v) is 3.53. The largest absolute Gasteiger partial charge is 0.435 e. The van der Waals surface area contributed by atoms with E-state index in [-0.39, 0.29) is 38.4 Å². The highest BCUT2D eigenvalue weighted by Crippen LogP contribution is 2.40. The van der Waals surface area contributed by atoms with E-state index in [0.717, 1.165) is 12.1 Å². The van der Waals surface area contributed by atoms with Gasteiger partial charge >= 0.3 is 0 Å². The van der Waals surface area contributed by atoms with Crippen molar-refractivity contribution in [3.8, 4) is 11.6 Å². The van der Waals surface area contributed by atoms with Crippen molar-refractivity contribution in [3.05, 3.63) is 49.3 Å². The van der Waals surface area contributed by atoms with Crippen LogP contribution >= 0.6 is 46.4 Å². The average molecular weight is 369 g/mol. The maximum absolute atomic E-state index is 10.7. The van der Waals surface area contributed by atoms with Gasteiger partial charge in [0, 0.05) is 12.1 Å². The van der Waals surface area contributed by atoms with E-state index >= 15 is 0 Å². The van der Waals surface area contributed by atoms with Crippen LogP contribution in [0.4, 0.5) is 5.69 Å². The van der Waals surface area contributed by atoms with Gasteiger partial charge in [-0.1, -0.05) is 34.8 Å². The summed E-state index contributed by atoms with van der Waals surface area (Å²) in [4.78, 5) is 17.8. The van der Waals surface area contributed by atoms with E-state index in [1.807, 2.05) is 0 Å². The van der Waals surface area contributed by atoms with E-state index in [2.05, 4.69) is 9.97 Å². The molecule has 0 aliphatic heterocycles. The first-order chi connectivity index (χ1) is 9.93. The van der Waals surface area contributed by atoms with Crippen molar-refractivity contribution in [3.63, 3.8) is 0 Å². The second kappa shape index (κ2) is 6.62. The predicted molar refractivity (Wildman–Crippen MR) is 79.8 cm³/mol. The van der Waals surface area contributed by atoms with Crippen LogP contribution in [0.1, 0.15) is 5.56 Å². The molecule has 6 nitrogen and oxygen atoms in total. The van der Waals surface area contributed by atoms with E-state index in [9.17, 15) is 10.1 Å². The smallest absolute Gasteiger partial charge is 0.272 e. The van der Waals surface area contributed by atoms with Gasteiger partial charge in [0.15, 0.2) is 5.75 Å². The minimum atomic E-state index is -0.618. The molecule has 1 aromatic heterocycles. The average Bonchev–Trinajstić information content (AvgIpc) is 2.42. The highest BCUT2D eigenvalue weighted by molar-refractivity contribution is 6.37. The molecule has 0 N–H and O–H groups in total. The lowest BCUT2D eigenvalue weighted by molar-refractivity contribution is -0.384. The summed E-state index contributed by atoms with van der Waals surface area (Å²) in [6, 6.07) is 2.23. The number of hydrogen-bond acceptors (Lipinski definition) is 5. The fourth-order valence-electron chi connectivity index (χ4n) is 1.42. The lowest BCUT2D eigenvalue weighted by Crippen LogP contribution is -1.97. The summed E-state index contributed by atoms with van der Waals surface area (Å²) in [5, 5.41) is 10.8. The van der Waals surface area contributed by atoms with Crippen molar-refractivity contribution >= 4 is 52.1 Å². The Morgan fingerprint density at radius 3 is 2.33 bits per heavy atom. The van der Waals surface area contributed by atoms with Gasteiger partial charge in [-0.3, -0.25) is 10.1 Å². The van der Waals surface area contributed by atoms with Crippen LogP contribution < -0.4 is 4.74 Å². The summed E-state index contributed by atoms with van der Waals surface area (Å²) in [5.41, 5.74) is 0.0990. The lowest BCUT2D eigenvalue weighted by Gasteiger charge is -2.11. The maximum Gasteiger partial charge on any atom is 0.272 e.